The van der Waals surface area contributed by atoms with Crippen LogP contribution in [0.1, 0.15) is 24.1 Å². The van der Waals surface area contributed by atoms with E-state index in [4.69, 9.17) is 11.6 Å². The molecule has 116 valence electrons. The molecule has 3 nitrogen and oxygen atoms in total. The maximum Gasteiger partial charge on any atom is 0.315 e. The second kappa shape index (κ2) is 7.22. The average molecular weight is 325 g/mol. The number of carbonyl (C=O) groups is 1. The van der Waals surface area contributed by atoms with E-state index >= 15 is 0 Å². The Hall–Kier alpha value is -2.14. The molecule has 0 radical (unpaired) electrons. The van der Waals surface area contributed by atoms with Gasteiger partial charge in [0.15, 0.2) is 11.6 Å². The number of hydrogen-bond donors (Lipinski definition) is 2. The van der Waals surface area contributed by atoms with Crippen LogP contribution in [-0.4, -0.2) is 6.03 Å². The number of carbonyl (C=O) groups excluding carboxylic acids is 1. The van der Waals surface area contributed by atoms with Gasteiger partial charge in [0.1, 0.15) is 0 Å². The number of halogens is 3. The van der Waals surface area contributed by atoms with E-state index in [0.717, 1.165) is 17.7 Å². The first kappa shape index (κ1) is 16.2. The fourth-order valence-corrected chi connectivity index (χ4v) is 2.13. The minimum Gasteiger partial charge on any atom is -0.334 e. The van der Waals surface area contributed by atoms with Gasteiger partial charge >= 0.3 is 6.03 Å². The van der Waals surface area contributed by atoms with Crippen molar-refractivity contribution in [2.24, 2.45) is 0 Å². The first-order chi connectivity index (χ1) is 10.5. The molecule has 1 atom stereocenters. The summed E-state index contributed by atoms with van der Waals surface area (Å²) in [6.45, 7) is 1.96. The van der Waals surface area contributed by atoms with Gasteiger partial charge < -0.3 is 10.6 Å². The van der Waals surface area contributed by atoms with Crippen molar-refractivity contribution in [2.45, 2.75) is 19.5 Å². The highest BCUT2D eigenvalue weighted by molar-refractivity contribution is 6.31. The molecule has 2 rings (SSSR count). The van der Waals surface area contributed by atoms with E-state index in [0.29, 0.717) is 10.6 Å². The highest BCUT2D eigenvalue weighted by Gasteiger charge is 2.12. The lowest BCUT2D eigenvalue weighted by Gasteiger charge is -2.15. The van der Waals surface area contributed by atoms with Crippen LogP contribution in [0.15, 0.2) is 42.5 Å². The molecule has 22 heavy (non-hydrogen) atoms. The normalized spacial score (nSPS) is 11.8. The number of urea groups is 1. The van der Waals surface area contributed by atoms with E-state index in [1.165, 1.54) is 6.07 Å². The summed E-state index contributed by atoms with van der Waals surface area (Å²) in [7, 11) is 0. The third-order valence-electron chi connectivity index (χ3n) is 3.19. The Morgan fingerprint density at radius 1 is 1.18 bits per heavy atom. The number of nitrogens with one attached hydrogen (secondary N) is 2. The van der Waals surface area contributed by atoms with Gasteiger partial charge in [-0.3, -0.25) is 0 Å². The Kier molecular flexibility index (Phi) is 5.33. The van der Waals surface area contributed by atoms with Gasteiger partial charge in [-0.25, -0.2) is 13.6 Å². The molecule has 0 aliphatic heterocycles. The van der Waals surface area contributed by atoms with E-state index in [2.05, 4.69) is 10.6 Å². The Balaban J connectivity index is 1.91. The second-order valence-corrected chi connectivity index (χ2v) is 5.22. The van der Waals surface area contributed by atoms with Crippen molar-refractivity contribution >= 4 is 17.6 Å². The molecule has 6 heteroatoms. The van der Waals surface area contributed by atoms with Gasteiger partial charge in [0.25, 0.3) is 0 Å². The number of hydrogen-bond acceptors (Lipinski definition) is 1. The summed E-state index contributed by atoms with van der Waals surface area (Å²) in [6.07, 6.45) is 0. The van der Waals surface area contributed by atoms with Crippen molar-refractivity contribution in [1.29, 1.82) is 0 Å². The molecule has 0 unspecified atom stereocenters. The van der Waals surface area contributed by atoms with E-state index < -0.39 is 23.7 Å². The molecule has 0 aliphatic carbocycles. The summed E-state index contributed by atoms with van der Waals surface area (Å²) in [4.78, 5) is 11.8. The van der Waals surface area contributed by atoms with Crippen LogP contribution in [0.5, 0.6) is 0 Å². The number of benzene rings is 2. The van der Waals surface area contributed by atoms with E-state index in [-0.39, 0.29) is 6.54 Å². The van der Waals surface area contributed by atoms with Crippen LogP contribution >= 0.6 is 11.6 Å². The van der Waals surface area contributed by atoms with Crippen molar-refractivity contribution in [3.8, 4) is 0 Å². The van der Waals surface area contributed by atoms with Gasteiger partial charge in [0.2, 0.25) is 0 Å². The van der Waals surface area contributed by atoms with Gasteiger partial charge in [-0.1, -0.05) is 35.9 Å². The Labute approximate surface area is 132 Å². The zero-order valence-corrected chi connectivity index (χ0v) is 12.6. The fourth-order valence-electron chi connectivity index (χ4n) is 1.93. The Morgan fingerprint density at radius 2 is 1.91 bits per heavy atom. The smallest absolute Gasteiger partial charge is 0.315 e. The minimum absolute atomic E-state index is 0.274. The van der Waals surface area contributed by atoms with Gasteiger partial charge in [-0.05, 0) is 36.2 Å². The van der Waals surface area contributed by atoms with Gasteiger partial charge in [-0.15, -0.1) is 0 Å². The Bertz CT molecular complexity index is 679. The quantitative estimate of drug-likeness (QED) is 0.870. The van der Waals surface area contributed by atoms with Crippen LogP contribution in [0.2, 0.25) is 5.02 Å². The molecule has 0 saturated carbocycles. The molecular formula is C16H15ClF2N2O. The van der Waals surface area contributed by atoms with Gasteiger partial charge in [0.05, 0.1) is 6.04 Å². The summed E-state index contributed by atoms with van der Waals surface area (Å²) >= 11 is 5.99. The minimum atomic E-state index is -0.942. The summed E-state index contributed by atoms with van der Waals surface area (Å²) < 4.78 is 26.1. The molecule has 0 bridgehead atoms. The average Bonchev–Trinajstić information content (AvgIpc) is 2.49. The van der Waals surface area contributed by atoms with Crippen LogP contribution in [-0.2, 0) is 6.54 Å². The maximum atomic E-state index is 13.2. The highest BCUT2D eigenvalue weighted by atomic mass is 35.5. The molecule has 0 saturated heterocycles. The standard InChI is InChI=1S/C16H15ClF2N2O/c1-10(11-6-7-14(18)15(19)8-11)21-16(22)20-9-12-4-2-3-5-13(12)17/h2-8,10H,9H2,1H3,(H2,20,21,22)/t10-/m1/s1. The molecule has 2 amide bonds. The second-order valence-electron chi connectivity index (χ2n) is 4.81. The van der Waals surface area contributed by atoms with Gasteiger partial charge in [-0.2, -0.15) is 0 Å². The highest BCUT2D eigenvalue weighted by Crippen LogP contribution is 2.16. The van der Waals surface area contributed by atoms with Crippen LogP contribution in [0.3, 0.4) is 0 Å². The topological polar surface area (TPSA) is 41.1 Å². The van der Waals surface area contributed by atoms with Crippen LogP contribution in [0.4, 0.5) is 13.6 Å². The molecular weight excluding hydrogens is 310 g/mol. The first-order valence-corrected chi connectivity index (χ1v) is 7.08. The predicted molar refractivity (Wildman–Crippen MR) is 81.6 cm³/mol. The van der Waals surface area contributed by atoms with Crippen LogP contribution in [0.25, 0.3) is 0 Å². The van der Waals surface area contributed by atoms with E-state index in [1.807, 2.05) is 6.07 Å². The SMILES string of the molecule is C[C@@H](NC(=O)NCc1ccccc1Cl)c1ccc(F)c(F)c1. The van der Waals surface area contributed by atoms with Crippen molar-refractivity contribution in [3.63, 3.8) is 0 Å². The van der Waals surface area contributed by atoms with Crippen molar-refractivity contribution in [3.05, 3.63) is 70.2 Å². The lowest BCUT2D eigenvalue weighted by molar-refractivity contribution is 0.237. The predicted octanol–water partition coefficient (Wildman–Crippen LogP) is 4.18. The summed E-state index contributed by atoms with van der Waals surface area (Å²) in [5.74, 6) is -1.86. The van der Waals surface area contributed by atoms with E-state index in [1.54, 1.807) is 25.1 Å². The largest absolute Gasteiger partial charge is 0.334 e. The molecule has 2 N–H and O–H groups in total. The third kappa shape index (κ3) is 4.18. The summed E-state index contributed by atoms with van der Waals surface area (Å²) in [6, 6.07) is 9.82. The monoisotopic (exact) mass is 324 g/mol. The van der Waals surface area contributed by atoms with Crippen LogP contribution < -0.4 is 10.6 Å². The first-order valence-electron chi connectivity index (χ1n) is 6.70. The fraction of sp³-hybridized carbons (Fsp3) is 0.188. The van der Waals surface area contributed by atoms with Crippen molar-refractivity contribution in [2.75, 3.05) is 0 Å². The molecule has 0 fully saturated rings. The third-order valence-corrected chi connectivity index (χ3v) is 3.56. The lowest BCUT2D eigenvalue weighted by Crippen LogP contribution is -2.36. The maximum absolute atomic E-state index is 13.2. The van der Waals surface area contributed by atoms with Crippen molar-refractivity contribution in [1.82, 2.24) is 10.6 Å². The molecule has 2 aromatic carbocycles. The van der Waals surface area contributed by atoms with E-state index in [9.17, 15) is 13.6 Å². The molecule has 0 aliphatic rings. The lowest BCUT2D eigenvalue weighted by atomic mass is 10.1. The van der Waals surface area contributed by atoms with Crippen molar-refractivity contribution < 1.29 is 13.6 Å². The molecule has 0 aromatic heterocycles. The summed E-state index contributed by atoms with van der Waals surface area (Å²) in [5, 5.41) is 5.88. The van der Waals surface area contributed by atoms with Gasteiger partial charge in [0, 0.05) is 11.6 Å². The Morgan fingerprint density at radius 3 is 2.59 bits per heavy atom. The van der Waals surface area contributed by atoms with Crippen LogP contribution in [0, 0.1) is 11.6 Å². The zero-order chi connectivity index (χ0) is 16.1. The molecule has 0 spiro atoms. The number of rotatable bonds is 4. The zero-order valence-electron chi connectivity index (χ0n) is 11.9. The molecule has 2 aromatic rings. The number of amides is 2. The summed E-state index contributed by atoms with van der Waals surface area (Å²) in [5.41, 5.74) is 1.27. The molecule has 0 heterocycles.